The van der Waals surface area contributed by atoms with Gasteiger partial charge < -0.3 is 5.32 Å². The Morgan fingerprint density at radius 1 is 1.47 bits per heavy atom. The Hall–Kier alpha value is -1.55. The van der Waals surface area contributed by atoms with E-state index in [0.29, 0.717) is 24.0 Å². The lowest BCUT2D eigenvalue weighted by molar-refractivity contribution is 0.0943. The fraction of sp³-hybridized carbons (Fsp3) is 0.429. The van der Waals surface area contributed by atoms with Crippen LogP contribution >= 0.6 is 11.6 Å². The number of nitrogens with zero attached hydrogens (tertiary/aromatic N) is 2. The minimum absolute atomic E-state index is 0.127. The zero-order valence-electron chi connectivity index (χ0n) is 11.2. The molecule has 1 aromatic heterocycles. The third-order valence-electron chi connectivity index (χ3n) is 3.19. The molecule has 1 aromatic carbocycles. The van der Waals surface area contributed by atoms with Crippen LogP contribution in [0.3, 0.4) is 0 Å². The Kier molecular flexibility index (Phi) is 4.43. The summed E-state index contributed by atoms with van der Waals surface area (Å²) in [6.07, 6.45) is 0.894. The van der Waals surface area contributed by atoms with Gasteiger partial charge in [0.15, 0.2) is 5.69 Å². The number of halogens is 1. The minimum Gasteiger partial charge on any atom is -0.350 e. The maximum absolute atomic E-state index is 12.2. The largest absolute Gasteiger partial charge is 0.350 e. The van der Waals surface area contributed by atoms with E-state index in [4.69, 9.17) is 11.6 Å². The van der Waals surface area contributed by atoms with Crippen LogP contribution in [0.5, 0.6) is 0 Å². The molecule has 2 aromatic rings. The first-order chi connectivity index (χ1) is 9.13. The molecule has 102 valence electrons. The standard InChI is InChI=1S/C14H18ClN3O/c1-10(7-8-15)9-16-14(19)13-11-5-3-4-6-12(11)18(2)17-13/h3-6,10H,7-9H2,1-2H3,(H,16,19). The Morgan fingerprint density at radius 2 is 2.21 bits per heavy atom. The quantitative estimate of drug-likeness (QED) is 0.855. The second-order valence-electron chi connectivity index (χ2n) is 4.78. The number of alkyl halides is 1. The Labute approximate surface area is 117 Å². The van der Waals surface area contributed by atoms with Gasteiger partial charge in [-0.25, -0.2) is 0 Å². The summed E-state index contributed by atoms with van der Waals surface area (Å²) in [6, 6.07) is 7.72. The molecule has 0 radical (unpaired) electrons. The van der Waals surface area contributed by atoms with Crippen LogP contribution in [0.25, 0.3) is 10.9 Å². The van der Waals surface area contributed by atoms with Crippen LogP contribution in [-0.2, 0) is 7.05 Å². The number of rotatable bonds is 5. The average molecular weight is 280 g/mol. The number of hydrogen-bond acceptors (Lipinski definition) is 2. The van der Waals surface area contributed by atoms with Crippen molar-refractivity contribution in [1.82, 2.24) is 15.1 Å². The van der Waals surface area contributed by atoms with Gasteiger partial charge >= 0.3 is 0 Å². The summed E-state index contributed by atoms with van der Waals surface area (Å²) in [5, 5.41) is 8.09. The molecular weight excluding hydrogens is 262 g/mol. The molecule has 0 fully saturated rings. The highest BCUT2D eigenvalue weighted by molar-refractivity contribution is 6.17. The van der Waals surface area contributed by atoms with Crippen LogP contribution in [0, 0.1) is 5.92 Å². The summed E-state index contributed by atoms with van der Waals surface area (Å²) in [6.45, 7) is 2.69. The minimum atomic E-state index is -0.127. The predicted molar refractivity (Wildman–Crippen MR) is 77.5 cm³/mol. The van der Waals surface area contributed by atoms with Crippen molar-refractivity contribution < 1.29 is 4.79 Å². The molecule has 1 N–H and O–H groups in total. The molecule has 0 aliphatic carbocycles. The number of para-hydroxylation sites is 1. The third kappa shape index (κ3) is 3.07. The Balaban J connectivity index is 2.13. The summed E-state index contributed by atoms with van der Waals surface area (Å²) < 4.78 is 1.73. The van der Waals surface area contributed by atoms with Crippen LogP contribution in [-0.4, -0.2) is 28.1 Å². The van der Waals surface area contributed by atoms with Crippen molar-refractivity contribution in [3.63, 3.8) is 0 Å². The van der Waals surface area contributed by atoms with Gasteiger partial charge in [0.05, 0.1) is 5.52 Å². The molecule has 1 unspecified atom stereocenters. The second-order valence-corrected chi connectivity index (χ2v) is 5.16. The van der Waals surface area contributed by atoms with Gasteiger partial charge in [0.25, 0.3) is 5.91 Å². The van der Waals surface area contributed by atoms with Crippen molar-refractivity contribution in [2.75, 3.05) is 12.4 Å². The number of aryl methyl sites for hydroxylation is 1. The molecule has 2 rings (SSSR count). The molecule has 5 heteroatoms. The highest BCUT2D eigenvalue weighted by atomic mass is 35.5. The maximum atomic E-state index is 12.2. The van der Waals surface area contributed by atoms with E-state index in [-0.39, 0.29) is 5.91 Å². The van der Waals surface area contributed by atoms with E-state index in [0.717, 1.165) is 17.3 Å². The monoisotopic (exact) mass is 279 g/mol. The predicted octanol–water partition coefficient (Wildman–Crippen LogP) is 2.57. The normalized spacial score (nSPS) is 12.6. The molecule has 1 atom stereocenters. The van der Waals surface area contributed by atoms with Gasteiger partial charge in [-0.3, -0.25) is 9.48 Å². The molecule has 1 amide bonds. The van der Waals surface area contributed by atoms with E-state index >= 15 is 0 Å². The Morgan fingerprint density at radius 3 is 2.95 bits per heavy atom. The van der Waals surface area contributed by atoms with Gasteiger partial charge in [0.1, 0.15) is 0 Å². The summed E-state index contributed by atoms with van der Waals surface area (Å²) in [4.78, 5) is 12.2. The van der Waals surface area contributed by atoms with Gasteiger partial charge in [0.2, 0.25) is 0 Å². The van der Waals surface area contributed by atoms with E-state index in [1.54, 1.807) is 4.68 Å². The second kappa shape index (κ2) is 6.06. The smallest absolute Gasteiger partial charge is 0.272 e. The molecule has 0 saturated carbocycles. The Bertz CT molecular complexity index is 579. The molecule has 0 spiro atoms. The van der Waals surface area contributed by atoms with E-state index in [9.17, 15) is 4.79 Å². The van der Waals surface area contributed by atoms with Crippen molar-refractivity contribution >= 4 is 28.4 Å². The van der Waals surface area contributed by atoms with Crippen molar-refractivity contribution in [3.8, 4) is 0 Å². The lowest BCUT2D eigenvalue weighted by Crippen LogP contribution is -2.29. The molecule has 0 aliphatic rings. The number of benzene rings is 1. The fourth-order valence-corrected chi connectivity index (χ4v) is 2.39. The first-order valence-electron chi connectivity index (χ1n) is 6.39. The number of fused-ring (bicyclic) bond motifs is 1. The number of hydrogen-bond donors (Lipinski definition) is 1. The average Bonchev–Trinajstić information content (AvgIpc) is 2.75. The van der Waals surface area contributed by atoms with E-state index in [1.165, 1.54) is 0 Å². The zero-order chi connectivity index (χ0) is 13.8. The first-order valence-corrected chi connectivity index (χ1v) is 6.93. The molecular formula is C14H18ClN3O. The number of aromatic nitrogens is 2. The maximum Gasteiger partial charge on any atom is 0.272 e. The highest BCUT2D eigenvalue weighted by Gasteiger charge is 2.15. The molecule has 0 aliphatic heterocycles. The fourth-order valence-electron chi connectivity index (χ4n) is 2.02. The van der Waals surface area contributed by atoms with Crippen LogP contribution < -0.4 is 5.32 Å². The summed E-state index contributed by atoms with van der Waals surface area (Å²) in [5.74, 6) is 0.860. The lowest BCUT2D eigenvalue weighted by atomic mass is 10.1. The first kappa shape index (κ1) is 13.9. The van der Waals surface area contributed by atoms with Gasteiger partial charge in [-0.2, -0.15) is 5.10 Å². The van der Waals surface area contributed by atoms with Crippen LogP contribution in [0.4, 0.5) is 0 Å². The number of carbonyl (C=O) groups excluding carboxylic acids is 1. The molecule has 0 saturated heterocycles. The third-order valence-corrected chi connectivity index (χ3v) is 3.40. The van der Waals surface area contributed by atoms with E-state index < -0.39 is 0 Å². The lowest BCUT2D eigenvalue weighted by Gasteiger charge is -2.09. The topological polar surface area (TPSA) is 46.9 Å². The van der Waals surface area contributed by atoms with E-state index in [2.05, 4.69) is 17.3 Å². The zero-order valence-corrected chi connectivity index (χ0v) is 11.9. The van der Waals surface area contributed by atoms with Crippen LogP contribution in [0.1, 0.15) is 23.8 Å². The van der Waals surface area contributed by atoms with E-state index in [1.807, 2.05) is 31.3 Å². The molecule has 19 heavy (non-hydrogen) atoms. The van der Waals surface area contributed by atoms with Crippen molar-refractivity contribution in [3.05, 3.63) is 30.0 Å². The summed E-state index contributed by atoms with van der Waals surface area (Å²) >= 11 is 5.68. The van der Waals surface area contributed by atoms with Gasteiger partial charge in [-0.15, -0.1) is 11.6 Å². The molecule has 1 heterocycles. The van der Waals surface area contributed by atoms with Crippen molar-refractivity contribution in [1.29, 1.82) is 0 Å². The number of amides is 1. The summed E-state index contributed by atoms with van der Waals surface area (Å²) in [7, 11) is 1.84. The number of nitrogens with one attached hydrogen (secondary N) is 1. The van der Waals surface area contributed by atoms with Crippen molar-refractivity contribution in [2.45, 2.75) is 13.3 Å². The molecule has 4 nitrogen and oxygen atoms in total. The van der Waals surface area contributed by atoms with Crippen molar-refractivity contribution in [2.24, 2.45) is 13.0 Å². The highest BCUT2D eigenvalue weighted by Crippen LogP contribution is 2.17. The summed E-state index contributed by atoms with van der Waals surface area (Å²) in [5.41, 5.74) is 1.44. The van der Waals surface area contributed by atoms with Gasteiger partial charge in [-0.1, -0.05) is 25.1 Å². The number of carbonyl (C=O) groups is 1. The van der Waals surface area contributed by atoms with Crippen LogP contribution in [0.15, 0.2) is 24.3 Å². The van der Waals surface area contributed by atoms with Gasteiger partial charge in [-0.05, 0) is 18.4 Å². The molecule has 0 bridgehead atoms. The SMILES string of the molecule is CC(CCCl)CNC(=O)c1nn(C)c2ccccc12. The van der Waals surface area contributed by atoms with Crippen LogP contribution in [0.2, 0.25) is 0 Å². The van der Waals surface area contributed by atoms with Gasteiger partial charge in [0, 0.05) is 24.9 Å².